The van der Waals surface area contributed by atoms with Crippen LogP contribution in [-0.2, 0) is 6.54 Å². The lowest BCUT2D eigenvalue weighted by Gasteiger charge is -2.10. The van der Waals surface area contributed by atoms with Gasteiger partial charge in [0.25, 0.3) is 0 Å². The monoisotopic (exact) mass is 277 g/mol. The van der Waals surface area contributed by atoms with Gasteiger partial charge in [0, 0.05) is 23.4 Å². The van der Waals surface area contributed by atoms with Gasteiger partial charge in [-0.1, -0.05) is 12.1 Å². The fourth-order valence-corrected chi connectivity index (χ4v) is 1.94. The van der Waals surface area contributed by atoms with Crippen LogP contribution in [0.15, 0.2) is 47.2 Å². The second-order valence-electron chi connectivity index (χ2n) is 3.42. The summed E-state index contributed by atoms with van der Waals surface area (Å²) in [5.41, 5.74) is 8.66. The average Bonchev–Trinajstić information content (AvgIpc) is 2.30. The molecule has 0 saturated carbocycles. The topological polar surface area (TPSA) is 50.9 Å². The number of para-hydroxylation sites is 1. The second kappa shape index (κ2) is 4.99. The molecule has 0 radical (unpaired) electrons. The summed E-state index contributed by atoms with van der Waals surface area (Å²) in [5, 5.41) is 3.29. The van der Waals surface area contributed by atoms with E-state index in [9.17, 15) is 0 Å². The van der Waals surface area contributed by atoms with E-state index in [0.29, 0.717) is 6.54 Å². The van der Waals surface area contributed by atoms with Crippen molar-refractivity contribution in [1.29, 1.82) is 0 Å². The van der Waals surface area contributed by atoms with Crippen molar-refractivity contribution in [3.63, 3.8) is 0 Å². The quantitative estimate of drug-likeness (QED) is 0.848. The van der Waals surface area contributed by atoms with Crippen molar-refractivity contribution >= 4 is 27.3 Å². The molecule has 0 bridgehead atoms. The van der Waals surface area contributed by atoms with Gasteiger partial charge in [0.15, 0.2) is 0 Å². The summed E-state index contributed by atoms with van der Waals surface area (Å²) in [6.45, 7) is 0.709. The summed E-state index contributed by atoms with van der Waals surface area (Å²) in [7, 11) is 0. The zero-order valence-electron chi connectivity index (χ0n) is 8.65. The Morgan fingerprint density at radius 3 is 2.81 bits per heavy atom. The van der Waals surface area contributed by atoms with Gasteiger partial charge in [0.2, 0.25) is 0 Å². The molecule has 16 heavy (non-hydrogen) atoms. The molecule has 3 nitrogen and oxygen atoms in total. The van der Waals surface area contributed by atoms with Gasteiger partial charge in [-0.2, -0.15) is 0 Å². The number of nitrogens with two attached hydrogens (primary N) is 1. The molecular formula is C12H12BrN3. The Kier molecular flexibility index (Phi) is 3.41. The Balaban J connectivity index is 2.11. The van der Waals surface area contributed by atoms with Crippen LogP contribution in [-0.4, -0.2) is 4.98 Å². The Morgan fingerprint density at radius 1 is 1.25 bits per heavy atom. The number of rotatable bonds is 3. The van der Waals surface area contributed by atoms with Crippen LogP contribution in [0.1, 0.15) is 5.56 Å². The number of anilines is 2. The van der Waals surface area contributed by atoms with Crippen molar-refractivity contribution in [3.05, 3.63) is 52.8 Å². The largest absolute Gasteiger partial charge is 0.397 e. The van der Waals surface area contributed by atoms with E-state index in [4.69, 9.17) is 5.73 Å². The molecule has 3 N–H and O–H groups in total. The molecule has 2 rings (SSSR count). The van der Waals surface area contributed by atoms with E-state index in [1.165, 1.54) is 0 Å². The molecule has 0 spiro atoms. The second-order valence-corrected chi connectivity index (χ2v) is 4.27. The normalized spacial score (nSPS) is 10.1. The van der Waals surface area contributed by atoms with E-state index in [1.807, 2.05) is 36.5 Å². The number of benzene rings is 1. The summed E-state index contributed by atoms with van der Waals surface area (Å²) < 4.78 is 0.969. The van der Waals surface area contributed by atoms with Crippen LogP contribution in [0.2, 0.25) is 0 Å². The molecule has 1 aromatic heterocycles. The van der Waals surface area contributed by atoms with Gasteiger partial charge in [0.1, 0.15) is 0 Å². The minimum atomic E-state index is 0.709. The third-order valence-electron chi connectivity index (χ3n) is 2.24. The number of hydrogen-bond donors (Lipinski definition) is 2. The number of nitrogen functional groups attached to an aromatic ring is 1. The average molecular weight is 278 g/mol. The van der Waals surface area contributed by atoms with Gasteiger partial charge in [-0.05, 0) is 39.7 Å². The van der Waals surface area contributed by atoms with E-state index in [0.717, 1.165) is 21.4 Å². The highest BCUT2D eigenvalue weighted by atomic mass is 79.9. The van der Waals surface area contributed by atoms with E-state index >= 15 is 0 Å². The Morgan fingerprint density at radius 2 is 2.12 bits per heavy atom. The molecule has 0 aliphatic carbocycles. The van der Waals surface area contributed by atoms with E-state index in [2.05, 4.69) is 26.2 Å². The minimum Gasteiger partial charge on any atom is -0.397 e. The van der Waals surface area contributed by atoms with Crippen molar-refractivity contribution < 1.29 is 0 Å². The molecule has 0 unspecified atom stereocenters. The predicted molar refractivity (Wildman–Crippen MR) is 70.1 cm³/mol. The molecule has 82 valence electrons. The molecule has 0 aliphatic rings. The van der Waals surface area contributed by atoms with Gasteiger partial charge < -0.3 is 11.1 Å². The fraction of sp³-hybridized carbons (Fsp3) is 0.0833. The van der Waals surface area contributed by atoms with Crippen molar-refractivity contribution in [2.75, 3.05) is 11.1 Å². The van der Waals surface area contributed by atoms with Crippen molar-refractivity contribution in [1.82, 2.24) is 4.98 Å². The van der Waals surface area contributed by atoms with Crippen molar-refractivity contribution in [2.45, 2.75) is 6.54 Å². The van der Waals surface area contributed by atoms with Gasteiger partial charge in [-0.15, -0.1) is 0 Å². The maximum Gasteiger partial charge on any atom is 0.0720 e. The number of nitrogens with zero attached hydrogens (tertiary/aromatic N) is 1. The first-order valence-corrected chi connectivity index (χ1v) is 5.73. The lowest BCUT2D eigenvalue weighted by Crippen LogP contribution is -2.03. The van der Waals surface area contributed by atoms with Crippen LogP contribution >= 0.6 is 15.9 Å². The Labute approximate surface area is 103 Å². The van der Waals surface area contributed by atoms with Crippen LogP contribution in [0.3, 0.4) is 0 Å². The maximum atomic E-state index is 5.88. The number of pyridine rings is 1. The zero-order valence-corrected chi connectivity index (χ0v) is 10.2. The molecule has 0 fully saturated rings. The van der Waals surface area contributed by atoms with Crippen LogP contribution in [0.25, 0.3) is 0 Å². The molecule has 0 atom stereocenters. The standard InChI is InChI=1S/C12H12BrN3/c13-10-4-1-5-11(14)12(10)16-8-9-3-2-6-15-7-9/h1-7,16H,8,14H2. The lowest BCUT2D eigenvalue weighted by molar-refractivity contribution is 1.11. The third-order valence-corrected chi connectivity index (χ3v) is 2.90. The van der Waals surface area contributed by atoms with E-state index < -0.39 is 0 Å². The molecule has 0 aliphatic heterocycles. The highest BCUT2D eigenvalue weighted by Crippen LogP contribution is 2.28. The number of hydrogen-bond acceptors (Lipinski definition) is 3. The number of nitrogens with one attached hydrogen (secondary N) is 1. The predicted octanol–water partition coefficient (Wildman–Crippen LogP) is 3.04. The third kappa shape index (κ3) is 2.52. The number of halogens is 1. The Hall–Kier alpha value is -1.55. The van der Waals surface area contributed by atoms with Gasteiger partial charge in [-0.3, -0.25) is 4.98 Å². The Bertz CT molecular complexity index is 451. The smallest absolute Gasteiger partial charge is 0.0720 e. The molecule has 1 heterocycles. The van der Waals surface area contributed by atoms with E-state index in [1.54, 1.807) is 6.20 Å². The molecular weight excluding hydrogens is 266 g/mol. The maximum absolute atomic E-state index is 5.88. The zero-order chi connectivity index (χ0) is 11.4. The first kappa shape index (κ1) is 11.0. The SMILES string of the molecule is Nc1cccc(Br)c1NCc1cccnc1. The lowest BCUT2D eigenvalue weighted by atomic mass is 10.2. The van der Waals surface area contributed by atoms with Crippen LogP contribution in [0.5, 0.6) is 0 Å². The van der Waals surface area contributed by atoms with Crippen molar-refractivity contribution in [2.24, 2.45) is 0 Å². The van der Waals surface area contributed by atoms with E-state index in [-0.39, 0.29) is 0 Å². The summed E-state index contributed by atoms with van der Waals surface area (Å²) >= 11 is 3.46. The van der Waals surface area contributed by atoms with Crippen LogP contribution < -0.4 is 11.1 Å². The van der Waals surface area contributed by atoms with Gasteiger partial charge in [-0.25, -0.2) is 0 Å². The molecule has 0 amide bonds. The van der Waals surface area contributed by atoms with Gasteiger partial charge in [0.05, 0.1) is 11.4 Å². The summed E-state index contributed by atoms with van der Waals surface area (Å²) in [6, 6.07) is 9.68. The first-order valence-electron chi connectivity index (χ1n) is 4.94. The van der Waals surface area contributed by atoms with Crippen LogP contribution in [0.4, 0.5) is 11.4 Å². The molecule has 0 saturated heterocycles. The van der Waals surface area contributed by atoms with Gasteiger partial charge >= 0.3 is 0 Å². The highest BCUT2D eigenvalue weighted by molar-refractivity contribution is 9.10. The van der Waals surface area contributed by atoms with Crippen LogP contribution in [0, 0.1) is 0 Å². The highest BCUT2D eigenvalue weighted by Gasteiger charge is 2.02. The first-order chi connectivity index (χ1) is 7.77. The summed E-state index contributed by atoms with van der Waals surface area (Å²) in [4.78, 5) is 4.06. The number of aromatic nitrogens is 1. The summed E-state index contributed by atoms with van der Waals surface area (Å²) in [6.07, 6.45) is 3.59. The fourth-order valence-electron chi connectivity index (χ4n) is 1.42. The molecule has 2 aromatic rings. The minimum absolute atomic E-state index is 0.709. The summed E-state index contributed by atoms with van der Waals surface area (Å²) in [5.74, 6) is 0. The van der Waals surface area contributed by atoms with Crippen molar-refractivity contribution in [3.8, 4) is 0 Å². The molecule has 1 aromatic carbocycles. The molecule has 4 heteroatoms.